The van der Waals surface area contributed by atoms with Crippen LogP contribution in [0.4, 0.5) is 11.4 Å². The van der Waals surface area contributed by atoms with Crippen molar-refractivity contribution >= 4 is 11.4 Å². The molecule has 0 saturated carbocycles. The summed E-state index contributed by atoms with van der Waals surface area (Å²) in [6.45, 7) is 8.79. The molecule has 0 spiro atoms. The molecule has 3 heteroatoms. The van der Waals surface area contributed by atoms with Crippen LogP contribution >= 0.6 is 0 Å². The summed E-state index contributed by atoms with van der Waals surface area (Å²) in [5.74, 6) is 0.910. The van der Waals surface area contributed by atoms with Gasteiger partial charge in [0.2, 0.25) is 0 Å². The minimum Gasteiger partial charge on any atom is -0.494 e. The summed E-state index contributed by atoms with van der Waals surface area (Å²) in [6.07, 6.45) is 1.05. The van der Waals surface area contributed by atoms with E-state index in [1.807, 2.05) is 25.1 Å². The van der Waals surface area contributed by atoms with Crippen LogP contribution in [-0.2, 0) is 6.42 Å². The minimum absolute atomic E-state index is 0.693. The van der Waals surface area contributed by atoms with E-state index in [2.05, 4.69) is 48.7 Å². The number of anilines is 2. The van der Waals surface area contributed by atoms with Crippen LogP contribution in [0.25, 0.3) is 0 Å². The van der Waals surface area contributed by atoms with E-state index < -0.39 is 0 Å². The van der Waals surface area contributed by atoms with Crippen molar-refractivity contribution in [2.45, 2.75) is 27.2 Å². The van der Waals surface area contributed by atoms with Crippen molar-refractivity contribution in [1.82, 2.24) is 0 Å². The van der Waals surface area contributed by atoms with E-state index in [-0.39, 0.29) is 0 Å². The lowest BCUT2D eigenvalue weighted by molar-refractivity contribution is 0.340. The molecule has 0 unspecified atom stereocenters. The molecule has 0 atom stereocenters. The first-order valence-electron chi connectivity index (χ1n) is 8.03. The molecular formula is C19H26N2O. The molecule has 0 aromatic heterocycles. The number of hydrogen-bond acceptors (Lipinski definition) is 3. The molecule has 2 aromatic carbocycles. The zero-order chi connectivity index (χ0) is 15.8. The van der Waals surface area contributed by atoms with Crippen molar-refractivity contribution in [2.75, 3.05) is 30.3 Å². The number of para-hydroxylation sites is 1. The fourth-order valence-electron chi connectivity index (χ4n) is 2.53. The van der Waals surface area contributed by atoms with Gasteiger partial charge in [0, 0.05) is 30.5 Å². The van der Waals surface area contributed by atoms with Gasteiger partial charge in [-0.1, -0.05) is 31.2 Å². The second kappa shape index (κ2) is 8.32. The van der Waals surface area contributed by atoms with Crippen molar-refractivity contribution in [3.8, 4) is 5.75 Å². The van der Waals surface area contributed by atoms with Gasteiger partial charge in [-0.3, -0.25) is 0 Å². The number of aryl methyl sites for hydroxylation is 2. The topological polar surface area (TPSA) is 33.3 Å². The predicted molar refractivity (Wildman–Crippen MR) is 95.1 cm³/mol. The number of benzene rings is 2. The summed E-state index contributed by atoms with van der Waals surface area (Å²) in [5, 5.41) is 6.98. The Morgan fingerprint density at radius 3 is 2.50 bits per heavy atom. The van der Waals surface area contributed by atoms with Gasteiger partial charge in [-0.2, -0.15) is 0 Å². The van der Waals surface area contributed by atoms with Gasteiger partial charge in [-0.15, -0.1) is 0 Å². The fraction of sp³-hybridized carbons (Fsp3) is 0.368. The summed E-state index contributed by atoms with van der Waals surface area (Å²) in [6, 6.07) is 14.6. The van der Waals surface area contributed by atoms with Gasteiger partial charge >= 0.3 is 0 Å². The Labute approximate surface area is 133 Å². The molecule has 0 bridgehead atoms. The molecule has 0 aliphatic rings. The largest absolute Gasteiger partial charge is 0.494 e. The summed E-state index contributed by atoms with van der Waals surface area (Å²) in [7, 11) is 0. The quantitative estimate of drug-likeness (QED) is 0.705. The van der Waals surface area contributed by atoms with Gasteiger partial charge in [0.15, 0.2) is 0 Å². The molecule has 0 heterocycles. The molecular weight excluding hydrogens is 272 g/mol. The van der Waals surface area contributed by atoms with Crippen LogP contribution in [0.1, 0.15) is 25.0 Å². The van der Waals surface area contributed by atoms with Crippen molar-refractivity contribution in [1.29, 1.82) is 0 Å². The SMILES string of the molecule is CCOc1cccc(NCCNc2c(C)cccc2CC)c1. The highest BCUT2D eigenvalue weighted by Gasteiger charge is 2.03. The number of ether oxygens (including phenoxy) is 1. The molecule has 2 rings (SSSR count). The van der Waals surface area contributed by atoms with E-state index >= 15 is 0 Å². The van der Waals surface area contributed by atoms with E-state index in [1.165, 1.54) is 16.8 Å². The highest BCUT2D eigenvalue weighted by molar-refractivity contribution is 5.57. The average Bonchev–Trinajstić information content (AvgIpc) is 2.53. The highest BCUT2D eigenvalue weighted by atomic mass is 16.5. The van der Waals surface area contributed by atoms with Crippen molar-refractivity contribution < 1.29 is 4.74 Å². The average molecular weight is 298 g/mol. The molecule has 0 aliphatic heterocycles. The van der Waals surface area contributed by atoms with Gasteiger partial charge in [0.1, 0.15) is 5.75 Å². The van der Waals surface area contributed by atoms with Gasteiger partial charge in [0.05, 0.1) is 6.61 Å². The molecule has 0 aliphatic carbocycles. The maximum atomic E-state index is 5.51. The molecule has 0 radical (unpaired) electrons. The van der Waals surface area contributed by atoms with E-state index in [0.717, 1.165) is 30.9 Å². The Morgan fingerprint density at radius 2 is 1.73 bits per heavy atom. The molecule has 118 valence electrons. The van der Waals surface area contributed by atoms with Crippen LogP contribution < -0.4 is 15.4 Å². The summed E-state index contributed by atoms with van der Waals surface area (Å²) in [5.41, 5.74) is 5.04. The molecule has 0 saturated heterocycles. The summed E-state index contributed by atoms with van der Waals surface area (Å²) >= 11 is 0. The van der Waals surface area contributed by atoms with E-state index in [0.29, 0.717) is 6.61 Å². The third-order valence-electron chi connectivity index (χ3n) is 3.64. The van der Waals surface area contributed by atoms with Gasteiger partial charge < -0.3 is 15.4 Å². The van der Waals surface area contributed by atoms with Gasteiger partial charge in [-0.05, 0) is 43.5 Å². The summed E-state index contributed by atoms with van der Waals surface area (Å²) < 4.78 is 5.51. The normalized spacial score (nSPS) is 10.3. The van der Waals surface area contributed by atoms with E-state index in [1.54, 1.807) is 0 Å². The molecule has 0 amide bonds. The maximum absolute atomic E-state index is 5.51. The first-order valence-corrected chi connectivity index (χ1v) is 8.03. The Hall–Kier alpha value is -2.16. The minimum atomic E-state index is 0.693. The second-order valence-electron chi connectivity index (χ2n) is 5.28. The molecule has 22 heavy (non-hydrogen) atoms. The smallest absolute Gasteiger partial charge is 0.121 e. The zero-order valence-corrected chi connectivity index (χ0v) is 13.8. The number of nitrogens with one attached hydrogen (secondary N) is 2. The lowest BCUT2D eigenvalue weighted by Crippen LogP contribution is -2.15. The molecule has 0 fully saturated rings. The molecule has 3 nitrogen and oxygen atoms in total. The Balaban J connectivity index is 1.86. The fourth-order valence-corrected chi connectivity index (χ4v) is 2.53. The third kappa shape index (κ3) is 4.42. The van der Waals surface area contributed by atoms with Crippen LogP contribution in [0.3, 0.4) is 0 Å². The summed E-state index contributed by atoms with van der Waals surface area (Å²) in [4.78, 5) is 0. The van der Waals surface area contributed by atoms with Gasteiger partial charge in [-0.25, -0.2) is 0 Å². The first-order chi connectivity index (χ1) is 10.7. The standard InChI is InChI=1S/C19H26N2O/c1-4-16-9-6-8-15(3)19(16)21-13-12-20-17-10-7-11-18(14-17)22-5-2/h6-11,14,20-21H,4-5,12-13H2,1-3H3. The second-order valence-corrected chi connectivity index (χ2v) is 5.28. The van der Waals surface area contributed by atoms with E-state index in [4.69, 9.17) is 4.74 Å². The highest BCUT2D eigenvalue weighted by Crippen LogP contribution is 2.21. The lowest BCUT2D eigenvalue weighted by Gasteiger charge is -2.15. The van der Waals surface area contributed by atoms with Crippen molar-refractivity contribution in [3.63, 3.8) is 0 Å². The first kappa shape index (κ1) is 16.2. The van der Waals surface area contributed by atoms with Crippen molar-refractivity contribution in [2.24, 2.45) is 0 Å². The third-order valence-corrected chi connectivity index (χ3v) is 3.64. The maximum Gasteiger partial charge on any atom is 0.121 e. The van der Waals surface area contributed by atoms with Crippen LogP contribution in [0.2, 0.25) is 0 Å². The Bertz CT molecular complexity index is 596. The van der Waals surface area contributed by atoms with Gasteiger partial charge in [0.25, 0.3) is 0 Å². The predicted octanol–water partition coefficient (Wildman–Crippen LogP) is 4.48. The van der Waals surface area contributed by atoms with Crippen LogP contribution in [0.15, 0.2) is 42.5 Å². The lowest BCUT2D eigenvalue weighted by atomic mass is 10.1. The Morgan fingerprint density at radius 1 is 0.955 bits per heavy atom. The monoisotopic (exact) mass is 298 g/mol. The van der Waals surface area contributed by atoms with Crippen LogP contribution in [0.5, 0.6) is 5.75 Å². The van der Waals surface area contributed by atoms with E-state index in [9.17, 15) is 0 Å². The van der Waals surface area contributed by atoms with Crippen LogP contribution in [-0.4, -0.2) is 19.7 Å². The van der Waals surface area contributed by atoms with Crippen molar-refractivity contribution in [3.05, 3.63) is 53.6 Å². The number of hydrogen-bond donors (Lipinski definition) is 2. The Kier molecular flexibility index (Phi) is 6.13. The zero-order valence-electron chi connectivity index (χ0n) is 13.8. The van der Waals surface area contributed by atoms with Crippen LogP contribution in [0, 0.1) is 6.92 Å². The number of rotatable bonds is 8. The molecule has 2 aromatic rings. The molecule has 2 N–H and O–H groups in total.